The largest absolute Gasteiger partial charge is 0.382 e. The zero-order valence-corrected chi connectivity index (χ0v) is 8.51. The van der Waals surface area contributed by atoms with Gasteiger partial charge in [-0.25, -0.2) is 9.97 Å². The number of nitrogens with two attached hydrogens (primary N) is 1. The second kappa shape index (κ2) is 3.34. The van der Waals surface area contributed by atoms with Crippen molar-refractivity contribution in [2.24, 2.45) is 0 Å². The summed E-state index contributed by atoms with van der Waals surface area (Å²) in [4.78, 5) is 11.3. The molecule has 4 nitrogen and oxygen atoms in total. The maximum Gasteiger partial charge on any atom is 0.151 e. The van der Waals surface area contributed by atoms with E-state index in [0.29, 0.717) is 5.82 Å². The lowest BCUT2D eigenvalue weighted by molar-refractivity contribution is 1.23. The van der Waals surface area contributed by atoms with Crippen LogP contribution >= 0.6 is 0 Å². The summed E-state index contributed by atoms with van der Waals surface area (Å²) < 4.78 is 0. The number of hydrogen-bond acceptors (Lipinski definition) is 3. The molecule has 0 aliphatic carbocycles. The normalized spacial score (nSPS) is 10.8. The third-order valence-electron chi connectivity index (χ3n) is 2.58. The van der Waals surface area contributed by atoms with E-state index in [1.807, 2.05) is 36.5 Å². The number of anilines is 1. The molecule has 2 aromatic heterocycles. The minimum atomic E-state index is 0.479. The molecule has 0 unspecified atom stereocenters. The standard InChI is InChI=1S/C12H10N4/c13-12-11-10(15-7-16-12)9(6-14-11)8-4-2-1-3-5-8/h1-7,14H,(H2,13,15,16). The van der Waals surface area contributed by atoms with E-state index < -0.39 is 0 Å². The second-order valence-corrected chi connectivity index (χ2v) is 3.55. The SMILES string of the molecule is Nc1ncnc2c(-c3ccccc3)c[nH]c12. The number of fused-ring (bicyclic) bond motifs is 1. The number of aromatic amines is 1. The van der Waals surface area contributed by atoms with Gasteiger partial charge in [0.2, 0.25) is 0 Å². The van der Waals surface area contributed by atoms with E-state index in [1.165, 1.54) is 6.33 Å². The summed E-state index contributed by atoms with van der Waals surface area (Å²) in [6.45, 7) is 0. The van der Waals surface area contributed by atoms with E-state index in [9.17, 15) is 0 Å². The van der Waals surface area contributed by atoms with Crippen LogP contribution in [0.2, 0.25) is 0 Å². The predicted octanol–water partition coefficient (Wildman–Crippen LogP) is 2.21. The molecule has 3 rings (SSSR count). The molecule has 0 atom stereocenters. The van der Waals surface area contributed by atoms with Crippen LogP contribution in [-0.4, -0.2) is 15.0 Å². The van der Waals surface area contributed by atoms with Crippen LogP contribution in [-0.2, 0) is 0 Å². The zero-order valence-electron chi connectivity index (χ0n) is 8.51. The first-order valence-corrected chi connectivity index (χ1v) is 4.99. The molecular formula is C12H10N4. The molecule has 78 valence electrons. The Morgan fingerprint density at radius 3 is 2.69 bits per heavy atom. The van der Waals surface area contributed by atoms with Crippen molar-refractivity contribution < 1.29 is 0 Å². The molecule has 0 bridgehead atoms. The van der Waals surface area contributed by atoms with E-state index in [1.54, 1.807) is 0 Å². The average molecular weight is 210 g/mol. The van der Waals surface area contributed by atoms with Gasteiger partial charge in [0.15, 0.2) is 5.82 Å². The van der Waals surface area contributed by atoms with Crippen LogP contribution in [0.4, 0.5) is 5.82 Å². The smallest absolute Gasteiger partial charge is 0.151 e. The molecule has 0 spiro atoms. The fraction of sp³-hybridized carbons (Fsp3) is 0. The summed E-state index contributed by atoms with van der Waals surface area (Å²) in [5, 5.41) is 0. The Bertz CT molecular complexity index is 628. The molecule has 3 N–H and O–H groups in total. The molecule has 16 heavy (non-hydrogen) atoms. The molecular weight excluding hydrogens is 200 g/mol. The molecule has 0 aliphatic heterocycles. The van der Waals surface area contributed by atoms with Crippen molar-refractivity contribution >= 4 is 16.9 Å². The Balaban J connectivity index is 2.30. The van der Waals surface area contributed by atoms with Crippen molar-refractivity contribution in [1.29, 1.82) is 0 Å². The van der Waals surface area contributed by atoms with Crippen LogP contribution in [0.1, 0.15) is 0 Å². The summed E-state index contributed by atoms with van der Waals surface area (Å²) in [6.07, 6.45) is 3.39. The number of nitrogens with zero attached hydrogens (tertiary/aromatic N) is 2. The Hall–Kier alpha value is -2.36. The highest BCUT2D eigenvalue weighted by molar-refractivity contribution is 5.96. The molecule has 0 saturated carbocycles. The van der Waals surface area contributed by atoms with Crippen LogP contribution in [0.3, 0.4) is 0 Å². The van der Waals surface area contributed by atoms with Gasteiger partial charge < -0.3 is 10.7 Å². The van der Waals surface area contributed by atoms with E-state index in [2.05, 4.69) is 15.0 Å². The Morgan fingerprint density at radius 1 is 1.06 bits per heavy atom. The third-order valence-corrected chi connectivity index (χ3v) is 2.58. The summed E-state index contributed by atoms with van der Waals surface area (Å²) in [6, 6.07) is 10.1. The van der Waals surface area contributed by atoms with Crippen molar-refractivity contribution in [3.63, 3.8) is 0 Å². The van der Waals surface area contributed by atoms with Crippen molar-refractivity contribution in [2.75, 3.05) is 5.73 Å². The van der Waals surface area contributed by atoms with E-state index in [4.69, 9.17) is 5.73 Å². The average Bonchev–Trinajstić information content (AvgIpc) is 2.75. The number of benzene rings is 1. The van der Waals surface area contributed by atoms with Crippen LogP contribution < -0.4 is 5.73 Å². The second-order valence-electron chi connectivity index (χ2n) is 3.55. The third kappa shape index (κ3) is 1.24. The predicted molar refractivity (Wildman–Crippen MR) is 63.7 cm³/mol. The number of hydrogen-bond donors (Lipinski definition) is 2. The van der Waals surface area contributed by atoms with E-state index >= 15 is 0 Å². The first kappa shape index (κ1) is 8.91. The lowest BCUT2D eigenvalue weighted by atomic mass is 10.1. The number of H-pyrrole nitrogens is 1. The molecule has 0 radical (unpaired) electrons. The lowest BCUT2D eigenvalue weighted by Crippen LogP contribution is -1.92. The number of rotatable bonds is 1. The first-order chi connectivity index (χ1) is 7.86. The Labute approximate surface area is 92.2 Å². The summed E-state index contributed by atoms with van der Waals surface area (Å²) in [5.74, 6) is 0.479. The van der Waals surface area contributed by atoms with Gasteiger partial charge in [-0.15, -0.1) is 0 Å². The number of nitrogen functional groups attached to an aromatic ring is 1. The summed E-state index contributed by atoms with van der Waals surface area (Å²) in [5.41, 5.74) is 9.58. The zero-order chi connectivity index (χ0) is 11.0. The Kier molecular flexibility index (Phi) is 1.86. The minimum Gasteiger partial charge on any atom is -0.382 e. The van der Waals surface area contributed by atoms with Crippen molar-refractivity contribution in [3.8, 4) is 11.1 Å². The van der Waals surface area contributed by atoms with Gasteiger partial charge in [-0.2, -0.15) is 0 Å². The highest BCUT2D eigenvalue weighted by Gasteiger charge is 2.08. The molecule has 2 heterocycles. The van der Waals surface area contributed by atoms with Crippen LogP contribution in [0.25, 0.3) is 22.2 Å². The van der Waals surface area contributed by atoms with Gasteiger partial charge in [-0.3, -0.25) is 0 Å². The van der Waals surface area contributed by atoms with Gasteiger partial charge in [-0.1, -0.05) is 30.3 Å². The maximum atomic E-state index is 5.77. The maximum absolute atomic E-state index is 5.77. The van der Waals surface area contributed by atoms with Crippen molar-refractivity contribution in [2.45, 2.75) is 0 Å². The van der Waals surface area contributed by atoms with Gasteiger partial charge in [0.25, 0.3) is 0 Å². The van der Waals surface area contributed by atoms with Gasteiger partial charge in [0, 0.05) is 11.8 Å². The van der Waals surface area contributed by atoms with Crippen molar-refractivity contribution in [3.05, 3.63) is 42.9 Å². The van der Waals surface area contributed by atoms with Crippen LogP contribution in [0, 0.1) is 0 Å². The molecule has 4 heteroatoms. The van der Waals surface area contributed by atoms with Crippen molar-refractivity contribution in [1.82, 2.24) is 15.0 Å². The van der Waals surface area contributed by atoms with E-state index in [-0.39, 0.29) is 0 Å². The van der Waals surface area contributed by atoms with Crippen LogP contribution in [0.15, 0.2) is 42.9 Å². The van der Waals surface area contributed by atoms with Gasteiger partial charge in [-0.05, 0) is 5.56 Å². The molecule has 0 fully saturated rings. The first-order valence-electron chi connectivity index (χ1n) is 4.99. The summed E-state index contributed by atoms with van der Waals surface area (Å²) >= 11 is 0. The van der Waals surface area contributed by atoms with Gasteiger partial charge in [0.1, 0.15) is 17.4 Å². The quantitative estimate of drug-likeness (QED) is 0.647. The van der Waals surface area contributed by atoms with Gasteiger partial charge in [0.05, 0.1) is 0 Å². The lowest BCUT2D eigenvalue weighted by Gasteiger charge is -1.98. The topological polar surface area (TPSA) is 67.6 Å². The highest BCUT2D eigenvalue weighted by Crippen LogP contribution is 2.28. The molecule has 0 aliphatic rings. The minimum absolute atomic E-state index is 0.479. The monoisotopic (exact) mass is 210 g/mol. The fourth-order valence-electron chi connectivity index (χ4n) is 1.80. The molecule has 0 saturated heterocycles. The molecule has 1 aromatic carbocycles. The molecule has 0 amide bonds. The number of aromatic nitrogens is 3. The van der Waals surface area contributed by atoms with E-state index in [0.717, 1.165) is 22.2 Å². The summed E-state index contributed by atoms with van der Waals surface area (Å²) in [7, 11) is 0. The highest BCUT2D eigenvalue weighted by atomic mass is 14.9. The van der Waals surface area contributed by atoms with Crippen LogP contribution in [0.5, 0.6) is 0 Å². The molecule has 3 aromatic rings. The fourth-order valence-corrected chi connectivity index (χ4v) is 1.80. The number of nitrogens with one attached hydrogen (secondary N) is 1. The Morgan fingerprint density at radius 2 is 1.88 bits per heavy atom. The van der Waals surface area contributed by atoms with Gasteiger partial charge >= 0.3 is 0 Å².